The van der Waals surface area contributed by atoms with Crippen molar-refractivity contribution in [1.82, 2.24) is 14.4 Å². The molecule has 2 aromatic rings. The van der Waals surface area contributed by atoms with E-state index in [-0.39, 0.29) is 0 Å². The maximum atomic E-state index is 9.01. The predicted octanol–water partition coefficient (Wildman–Crippen LogP) is 3.46. The van der Waals surface area contributed by atoms with Gasteiger partial charge in [-0.15, -0.1) is 0 Å². The highest BCUT2D eigenvalue weighted by Gasteiger charge is 2.28. The maximum Gasteiger partial charge on any atom is 0.0991 e. The number of nitriles is 1. The molecule has 0 radical (unpaired) electrons. The first kappa shape index (κ1) is 16.6. The summed E-state index contributed by atoms with van der Waals surface area (Å²) in [5, 5.41) is 10.2. The van der Waals surface area contributed by atoms with Gasteiger partial charge in [0.05, 0.1) is 11.6 Å². The van der Waals surface area contributed by atoms with Crippen molar-refractivity contribution in [3.05, 3.63) is 36.0 Å². The molecule has 1 atom stereocenters. The van der Waals surface area contributed by atoms with E-state index in [9.17, 15) is 0 Å². The van der Waals surface area contributed by atoms with E-state index >= 15 is 0 Å². The number of unbranched alkanes of at least 4 members (excludes halogenated alkanes) is 1. The van der Waals surface area contributed by atoms with Crippen LogP contribution in [-0.4, -0.2) is 53.1 Å². The number of piperazine rings is 1. The largest absolute Gasteiger partial charge is 0.347 e. The number of fused-ring (bicyclic) bond motifs is 2. The van der Waals surface area contributed by atoms with Crippen LogP contribution in [0.4, 0.5) is 0 Å². The van der Waals surface area contributed by atoms with Crippen molar-refractivity contribution in [2.24, 2.45) is 0 Å². The fourth-order valence-electron chi connectivity index (χ4n) is 4.51. The number of aryl methyl sites for hydroxylation is 1. The molecule has 4 nitrogen and oxygen atoms in total. The first-order valence-corrected chi connectivity index (χ1v) is 9.79. The summed E-state index contributed by atoms with van der Waals surface area (Å²) in [7, 11) is 0. The molecule has 0 saturated carbocycles. The second-order valence-electron chi connectivity index (χ2n) is 7.59. The number of benzene rings is 1. The Bertz CT molecular complexity index is 757. The van der Waals surface area contributed by atoms with Crippen molar-refractivity contribution < 1.29 is 0 Å². The summed E-state index contributed by atoms with van der Waals surface area (Å²) in [6, 6.07) is 11.1. The zero-order valence-corrected chi connectivity index (χ0v) is 15.0. The highest BCUT2D eigenvalue weighted by Crippen LogP contribution is 2.21. The molecule has 1 aromatic carbocycles. The van der Waals surface area contributed by atoms with Gasteiger partial charge in [0.25, 0.3) is 0 Å². The summed E-state index contributed by atoms with van der Waals surface area (Å²) in [6.07, 6.45) is 8.86. The van der Waals surface area contributed by atoms with Gasteiger partial charge in [-0.05, 0) is 63.0 Å². The van der Waals surface area contributed by atoms with Crippen LogP contribution in [-0.2, 0) is 6.54 Å². The Balaban J connectivity index is 1.25. The Morgan fingerprint density at radius 2 is 1.96 bits per heavy atom. The fourth-order valence-corrected chi connectivity index (χ4v) is 4.51. The van der Waals surface area contributed by atoms with Gasteiger partial charge in [0.2, 0.25) is 0 Å². The Kier molecular flexibility index (Phi) is 5.05. The van der Waals surface area contributed by atoms with Gasteiger partial charge in [0.15, 0.2) is 0 Å². The van der Waals surface area contributed by atoms with Gasteiger partial charge in [0.1, 0.15) is 0 Å². The molecule has 2 fully saturated rings. The third-order valence-electron chi connectivity index (χ3n) is 5.94. The van der Waals surface area contributed by atoms with Crippen molar-refractivity contribution in [2.75, 3.05) is 32.7 Å². The molecule has 1 unspecified atom stereocenters. The fraction of sp³-hybridized carbons (Fsp3) is 0.571. The lowest BCUT2D eigenvalue weighted by atomic mass is 9.99. The van der Waals surface area contributed by atoms with Crippen molar-refractivity contribution in [1.29, 1.82) is 5.26 Å². The zero-order chi connectivity index (χ0) is 17.1. The number of hydrogen-bond donors (Lipinski definition) is 0. The van der Waals surface area contributed by atoms with Crippen LogP contribution >= 0.6 is 0 Å². The summed E-state index contributed by atoms with van der Waals surface area (Å²) >= 11 is 0. The number of rotatable bonds is 5. The molecule has 25 heavy (non-hydrogen) atoms. The third kappa shape index (κ3) is 3.73. The number of aromatic nitrogens is 1. The quantitative estimate of drug-likeness (QED) is 0.784. The van der Waals surface area contributed by atoms with Gasteiger partial charge in [-0.1, -0.05) is 6.42 Å². The highest BCUT2D eigenvalue weighted by atomic mass is 15.3. The molecule has 0 spiro atoms. The third-order valence-corrected chi connectivity index (χ3v) is 5.94. The molecule has 2 aliphatic heterocycles. The van der Waals surface area contributed by atoms with E-state index in [4.69, 9.17) is 5.26 Å². The molecule has 1 aromatic heterocycles. The van der Waals surface area contributed by atoms with E-state index in [1.54, 1.807) is 0 Å². The minimum absolute atomic E-state index is 0.743. The smallest absolute Gasteiger partial charge is 0.0991 e. The summed E-state index contributed by atoms with van der Waals surface area (Å²) in [6.45, 7) is 7.44. The predicted molar refractivity (Wildman–Crippen MR) is 102 cm³/mol. The van der Waals surface area contributed by atoms with E-state index in [1.807, 2.05) is 12.1 Å². The average molecular weight is 336 g/mol. The average Bonchev–Trinajstić information content (AvgIpc) is 3.07. The first-order chi connectivity index (χ1) is 12.3. The molecule has 0 aliphatic carbocycles. The van der Waals surface area contributed by atoms with E-state index < -0.39 is 0 Å². The Labute approximate surface area is 150 Å². The number of piperidine rings is 1. The van der Waals surface area contributed by atoms with Crippen LogP contribution < -0.4 is 0 Å². The van der Waals surface area contributed by atoms with E-state index in [1.165, 1.54) is 75.7 Å². The van der Waals surface area contributed by atoms with E-state index in [0.29, 0.717) is 0 Å². The first-order valence-electron chi connectivity index (χ1n) is 9.79. The lowest BCUT2D eigenvalue weighted by molar-refractivity contribution is 0.0486. The summed E-state index contributed by atoms with van der Waals surface area (Å²) in [5.41, 5.74) is 1.99. The molecule has 132 valence electrons. The second-order valence-corrected chi connectivity index (χ2v) is 7.59. The number of nitrogens with zero attached hydrogens (tertiary/aromatic N) is 4. The highest BCUT2D eigenvalue weighted by molar-refractivity contribution is 5.81. The summed E-state index contributed by atoms with van der Waals surface area (Å²) < 4.78 is 2.33. The van der Waals surface area contributed by atoms with Crippen LogP contribution in [0.2, 0.25) is 0 Å². The summed E-state index contributed by atoms with van der Waals surface area (Å²) in [5.74, 6) is 0. The van der Waals surface area contributed by atoms with Crippen molar-refractivity contribution >= 4 is 10.9 Å². The van der Waals surface area contributed by atoms with Crippen LogP contribution in [0.1, 0.15) is 37.7 Å². The minimum Gasteiger partial charge on any atom is -0.347 e. The van der Waals surface area contributed by atoms with Gasteiger partial charge >= 0.3 is 0 Å². The standard InChI is InChI=1S/C21H28N4/c22-16-18-6-7-21-19(15-18)8-12-25(21)11-4-3-9-23-13-14-24-10-2-1-5-20(24)17-23/h6-8,12,15,20H,1-5,9-11,13-14,17H2. The molecule has 0 bridgehead atoms. The Hall–Kier alpha value is -1.83. The maximum absolute atomic E-state index is 9.01. The molecule has 2 saturated heterocycles. The van der Waals surface area contributed by atoms with Crippen LogP contribution in [0.5, 0.6) is 0 Å². The Morgan fingerprint density at radius 1 is 1.04 bits per heavy atom. The van der Waals surface area contributed by atoms with Gasteiger partial charge in [-0.25, -0.2) is 0 Å². The Morgan fingerprint density at radius 3 is 2.88 bits per heavy atom. The molecule has 4 rings (SSSR count). The SMILES string of the molecule is N#Cc1ccc2c(ccn2CCCCN2CCN3CCCCC3C2)c1. The lowest BCUT2D eigenvalue weighted by Gasteiger charge is -2.44. The van der Waals surface area contributed by atoms with Crippen LogP contribution in [0.25, 0.3) is 10.9 Å². The van der Waals surface area contributed by atoms with Crippen LogP contribution in [0.15, 0.2) is 30.5 Å². The second kappa shape index (κ2) is 7.59. The van der Waals surface area contributed by atoms with Gasteiger partial charge in [0, 0.05) is 49.3 Å². The van der Waals surface area contributed by atoms with E-state index in [0.717, 1.165) is 18.2 Å². The monoisotopic (exact) mass is 336 g/mol. The molecular formula is C21H28N4. The lowest BCUT2D eigenvalue weighted by Crippen LogP contribution is -2.54. The molecule has 0 N–H and O–H groups in total. The molecule has 0 amide bonds. The normalized spacial score (nSPS) is 22.0. The van der Waals surface area contributed by atoms with Crippen LogP contribution in [0.3, 0.4) is 0 Å². The van der Waals surface area contributed by atoms with Gasteiger partial charge < -0.3 is 9.47 Å². The van der Waals surface area contributed by atoms with Gasteiger partial charge in [-0.3, -0.25) is 4.90 Å². The minimum atomic E-state index is 0.743. The van der Waals surface area contributed by atoms with Crippen molar-refractivity contribution in [3.8, 4) is 6.07 Å². The molecule has 3 heterocycles. The van der Waals surface area contributed by atoms with Gasteiger partial charge in [-0.2, -0.15) is 5.26 Å². The van der Waals surface area contributed by atoms with Crippen molar-refractivity contribution in [3.63, 3.8) is 0 Å². The topological polar surface area (TPSA) is 35.2 Å². The number of hydrogen-bond acceptors (Lipinski definition) is 3. The van der Waals surface area contributed by atoms with Crippen molar-refractivity contribution in [2.45, 2.75) is 44.7 Å². The molecule has 4 heteroatoms. The van der Waals surface area contributed by atoms with E-state index in [2.05, 4.69) is 38.8 Å². The molecule has 2 aliphatic rings. The zero-order valence-electron chi connectivity index (χ0n) is 15.0. The molecular weight excluding hydrogens is 308 g/mol. The van der Waals surface area contributed by atoms with Crippen LogP contribution in [0, 0.1) is 11.3 Å². The summed E-state index contributed by atoms with van der Waals surface area (Å²) in [4.78, 5) is 5.39.